The van der Waals surface area contributed by atoms with Gasteiger partial charge in [0, 0.05) is 4.88 Å². The van der Waals surface area contributed by atoms with Crippen LogP contribution in [0.15, 0.2) is 17.0 Å². The van der Waals surface area contributed by atoms with E-state index in [0.29, 0.717) is 16.3 Å². The SMILES string of the molecule is Cc1cc(CO)cc(S(=O)(=O)Nc2nc(C)c(C)s2)c1C. The maximum absolute atomic E-state index is 12.5. The van der Waals surface area contributed by atoms with E-state index in [2.05, 4.69) is 9.71 Å². The normalized spacial score (nSPS) is 11.7. The van der Waals surface area contributed by atoms with Crippen molar-refractivity contribution in [3.63, 3.8) is 0 Å². The fraction of sp³-hybridized carbons (Fsp3) is 0.357. The van der Waals surface area contributed by atoms with Crippen LogP contribution in [-0.4, -0.2) is 18.5 Å². The van der Waals surface area contributed by atoms with Crippen molar-refractivity contribution in [2.24, 2.45) is 0 Å². The molecule has 0 radical (unpaired) electrons. The zero-order valence-electron chi connectivity index (χ0n) is 12.4. The second-order valence-corrected chi connectivity index (χ2v) is 7.81. The van der Waals surface area contributed by atoms with Crippen molar-refractivity contribution in [3.05, 3.63) is 39.4 Å². The number of sulfonamides is 1. The van der Waals surface area contributed by atoms with E-state index in [-0.39, 0.29) is 11.5 Å². The van der Waals surface area contributed by atoms with Crippen molar-refractivity contribution in [2.75, 3.05) is 4.72 Å². The van der Waals surface area contributed by atoms with E-state index in [1.54, 1.807) is 13.0 Å². The van der Waals surface area contributed by atoms with Crippen molar-refractivity contribution in [1.82, 2.24) is 4.98 Å². The standard InChI is InChI=1S/C14H18N2O3S2/c1-8-5-12(7-17)6-13(9(8)2)21(18,19)16-14-15-10(3)11(4)20-14/h5-6,17H,7H2,1-4H3,(H,15,16). The Kier molecular flexibility index (Phi) is 4.36. The molecule has 114 valence electrons. The highest BCUT2D eigenvalue weighted by atomic mass is 32.2. The molecule has 0 fully saturated rings. The Morgan fingerprint density at radius 3 is 2.43 bits per heavy atom. The summed E-state index contributed by atoms with van der Waals surface area (Å²) in [4.78, 5) is 5.35. The first kappa shape index (κ1) is 15.9. The van der Waals surface area contributed by atoms with Crippen LogP contribution in [0.3, 0.4) is 0 Å². The molecule has 0 atom stereocenters. The number of thiazole rings is 1. The van der Waals surface area contributed by atoms with Gasteiger partial charge >= 0.3 is 0 Å². The Hall–Kier alpha value is -1.44. The summed E-state index contributed by atoms with van der Waals surface area (Å²) >= 11 is 1.31. The average Bonchev–Trinajstić information content (AvgIpc) is 2.70. The number of benzene rings is 1. The fourth-order valence-electron chi connectivity index (χ4n) is 1.96. The molecule has 0 unspecified atom stereocenters. The van der Waals surface area contributed by atoms with Crippen molar-refractivity contribution in [3.8, 4) is 0 Å². The Balaban J connectivity index is 2.46. The molecule has 0 aliphatic heterocycles. The number of rotatable bonds is 4. The molecule has 0 aliphatic rings. The average molecular weight is 326 g/mol. The van der Waals surface area contributed by atoms with Crippen molar-refractivity contribution < 1.29 is 13.5 Å². The zero-order chi connectivity index (χ0) is 15.8. The summed E-state index contributed by atoms with van der Waals surface area (Å²) in [7, 11) is -3.72. The molecular weight excluding hydrogens is 308 g/mol. The Labute approximate surface area is 128 Å². The van der Waals surface area contributed by atoms with Crippen LogP contribution in [0.1, 0.15) is 27.3 Å². The minimum atomic E-state index is -3.72. The molecule has 0 aliphatic carbocycles. The van der Waals surface area contributed by atoms with Crippen LogP contribution in [0.2, 0.25) is 0 Å². The first-order chi connectivity index (χ1) is 9.74. The Morgan fingerprint density at radius 2 is 1.90 bits per heavy atom. The van der Waals surface area contributed by atoms with E-state index in [4.69, 9.17) is 0 Å². The maximum Gasteiger partial charge on any atom is 0.263 e. The number of aromatic nitrogens is 1. The summed E-state index contributed by atoms with van der Waals surface area (Å²) in [5.41, 5.74) is 2.89. The van der Waals surface area contributed by atoms with Gasteiger partial charge in [-0.2, -0.15) is 0 Å². The highest BCUT2D eigenvalue weighted by Crippen LogP contribution is 2.27. The second-order valence-electron chi connectivity index (χ2n) is 4.96. The minimum Gasteiger partial charge on any atom is -0.392 e. The molecular formula is C14H18N2O3S2. The molecule has 2 rings (SSSR count). The quantitative estimate of drug-likeness (QED) is 0.905. The van der Waals surface area contributed by atoms with E-state index < -0.39 is 10.0 Å². The number of hydrogen-bond acceptors (Lipinski definition) is 5. The summed E-state index contributed by atoms with van der Waals surface area (Å²) in [6, 6.07) is 3.28. The van der Waals surface area contributed by atoms with Crippen LogP contribution in [-0.2, 0) is 16.6 Å². The van der Waals surface area contributed by atoms with Gasteiger partial charge in [-0.25, -0.2) is 13.4 Å². The van der Waals surface area contributed by atoms with Crippen LogP contribution in [0.4, 0.5) is 5.13 Å². The highest BCUT2D eigenvalue weighted by molar-refractivity contribution is 7.93. The monoisotopic (exact) mass is 326 g/mol. The van der Waals surface area contributed by atoms with E-state index in [9.17, 15) is 13.5 Å². The predicted molar refractivity (Wildman–Crippen MR) is 84.2 cm³/mol. The van der Waals surface area contributed by atoms with Gasteiger partial charge in [0.25, 0.3) is 10.0 Å². The lowest BCUT2D eigenvalue weighted by Gasteiger charge is -2.12. The van der Waals surface area contributed by atoms with Gasteiger partial charge in [0.05, 0.1) is 17.2 Å². The third kappa shape index (κ3) is 3.25. The van der Waals surface area contributed by atoms with Crippen LogP contribution in [0.25, 0.3) is 0 Å². The lowest BCUT2D eigenvalue weighted by molar-refractivity contribution is 0.281. The fourth-order valence-corrected chi connectivity index (χ4v) is 4.37. The molecule has 0 saturated heterocycles. The molecule has 0 amide bonds. The van der Waals surface area contributed by atoms with Crippen molar-refractivity contribution >= 4 is 26.5 Å². The first-order valence-corrected chi connectivity index (χ1v) is 8.72. The van der Waals surface area contributed by atoms with Gasteiger partial charge in [-0.1, -0.05) is 6.07 Å². The van der Waals surface area contributed by atoms with Crippen molar-refractivity contribution in [2.45, 2.75) is 39.2 Å². The van der Waals surface area contributed by atoms with Gasteiger partial charge < -0.3 is 5.11 Å². The van der Waals surface area contributed by atoms with Gasteiger partial charge in [0.1, 0.15) is 0 Å². The molecule has 1 heterocycles. The van der Waals surface area contributed by atoms with Gasteiger partial charge in [0.15, 0.2) is 5.13 Å². The smallest absolute Gasteiger partial charge is 0.263 e. The molecule has 2 N–H and O–H groups in total. The summed E-state index contributed by atoms with van der Waals surface area (Å²) in [6.45, 7) is 7.12. The molecule has 0 bridgehead atoms. The number of aliphatic hydroxyl groups excluding tert-OH is 1. The van der Waals surface area contributed by atoms with E-state index in [0.717, 1.165) is 16.1 Å². The lowest BCUT2D eigenvalue weighted by Crippen LogP contribution is -2.15. The number of nitrogens with zero attached hydrogens (tertiary/aromatic N) is 1. The molecule has 21 heavy (non-hydrogen) atoms. The third-order valence-corrected chi connectivity index (χ3v) is 5.98. The summed E-state index contributed by atoms with van der Waals surface area (Å²) in [5, 5.41) is 9.60. The Bertz CT molecular complexity index is 760. The topological polar surface area (TPSA) is 79.3 Å². The number of aryl methyl sites for hydroxylation is 3. The minimum absolute atomic E-state index is 0.178. The second kappa shape index (κ2) is 5.75. The van der Waals surface area contributed by atoms with Crippen LogP contribution >= 0.6 is 11.3 Å². The van der Waals surface area contributed by atoms with Crippen LogP contribution in [0.5, 0.6) is 0 Å². The highest BCUT2D eigenvalue weighted by Gasteiger charge is 2.20. The van der Waals surface area contributed by atoms with Gasteiger partial charge in [-0.05, 0) is 50.5 Å². The third-order valence-electron chi connectivity index (χ3n) is 3.40. The maximum atomic E-state index is 12.5. The number of hydrogen-bond donors (Lipinski definition) is 2. The van der Waals surface area contributed by atoms with E-state index >= 15 is 0 Å². The molecule has 1 aromatic heterocycles. The largest absolute Gasteiger partial charge is 0.392 e. The zero-order valence-corrected chi connectivity index (χ0v) is 14.0. The predicted octanol–water partition coefficient (Wildman–Crippen LogP) is 2.67. The van der Waals surface area contributed by atoms with Crippen molar-refractivity contribution in [1.29, 1.82) is 0 Å². The van der Waals surface area contributed by atoms with Gasteiger partial charge in [0.2, 0.25) is 0 Å². The number of aliphatic hydroxyl groups is 1. The van der Waals surface area contributed by atoms with Crippen LogP contribution in [0, 0.1) is 27.7 Å². The molecule has 2 aromatic rings. The molecule has 1 aromatic carbocycles. The summed E-state index contributed by atoms with van der Waals surface area (Å²) < 4.78 is 27.6. The Morgan fingerprint density at radius 1 is 1.24 bits per heavy atom. The molecule has 0 spiro atoms. The van der Waals surface area contributed by atoms with E-state index in [1.165, 1.54) is 17.4 Å². The van der Waals surface area contributed by atoms with Gasteiger partial charge in [-0.3, -0.25) is 4.72 Å². The summed E-state index contributed by atoms with van der Waals surface area (Å²) in [6.07, 6.45) is 0. The number of nitrogens with one attached hydrogen (secondary N) is 1. The van der Waals surface area contributed by atoms with E-state index in [1.807, 2.05) is 20.8 Å². The summed E-state index contributed by atoms with van der Waals surface area (Å²) in [5.74, 6) is 0. The van der Waals surface area contributed by atoms with Crippen LogP contribution < -0.4 is 4.72 Å². The lowest BCUT2D eigenvalue weighted by atomic mass is 10.1. The first-order valence-electron chi connectivity index (χ1n) is 6.42. The molecule has 0 saturated carbocycles. The number of anilines is 1. The molecule has 5 nitrogen and oxygen atoms in total. The van der Waals surface area contributed by atoms with Gasteiger partial charge in [-0.15, -0.1) is 11.3 Å². The molecule has 7 heteroatoms.